The molecule has 6 aromatic rings. The first-order chi connectivity index (χ1) is 17.9. The number of pyridine rings is 2. The standard InChI is InChI=1S/2C17H12N.Ir/c2*1-2-7-14(8-3-1)15-9-6-10-16(13-15)17-11-4-5-12-18-17;/h2*1-9,11-13H;/q2*-1;. The Labute approximate surface area is 232 Å². The van der Waals surface area contributed by atoms with Crippen LogP contribution in [-0.4, -0.2) is 9.97 Å². The van der Waals surface area contributed by atoms with Crippen molar-refractivity contribution >= 4 is 0 Å². The molecular formula is C34H24IrN2-2. The van der Waals surface area contributed by atoms with Gasteiger partial charge < -0.3 is 9.97 Å². The summed E-state index contributed by atoms with van der Waals surface area (Å²) in [6.07, 6.45) is 3.61. The molecule has 2 nitrogen and oxygen atoms in total. The van der Waals surface area contributed by atoms with Crippen LogP contribution in [0.15, 0.2) is 146 Å². The number of nitrogens with zero attached hydrogens (tertiary/aromatic N) is 2. The molecule has 0 aliphatic heterocycles. The van der Waals surface area contributed by atoms with Gasteiger partial charge in [-0.05, 0) is 34.6 Å². The van der Waals surface area contributed by atoms with E-state index in [1.54, 1.807) is 12.4 Å². The summed E-state index contributed by atoms with van der Waals surface area (Å²) in [5, 5.41) is 0. The van der Waals surface area contributed by atoms with Gasteiger partial charge in [0.2, 0.25) is 0 Å². The van der Waals surface area contributed by atoms with Crippen molar-refractivity contribution in [1.82, 2.24) is 9.97 Å². The van der Waals surface area contributed by atoms with Crippen LogP contribution in [0.4, 0.5) is 0 Å². The van der Waals surface area contributed by atoms with Gasteiger partial charge in [-0.1, -0.05) is 84.9 Å². The topological polar surface area (TPSA) is 25.8 Å². The van der Waals surface area contributed by atoms with E-state index in [9.17, 15) is 0 Å². The van der Waals surface area contributed by atoms with Crippen LogP contribution in [0.5, 0.6) is 0 Å². The first-order valence-electron chi connectivity index (χ1n) is 11.8. The van der Waals surface area contributed by atoms with Crippen LogP contribution in [0, 0.1) is 12.1 Å². The number of hydrogen-bond donors (Lipinski definition) is 0. The summed E-state index contributed by atoms with van der Waals surface area (Å²) in [6, 6.07) is 51.3. The van der Waals surface area contributed by atoms with Crippen molar-refractivity contribution in [2.24, 2.45) is 0 Å². The molecular weight excluding hydrogens is 629 g/mol. The summed E-state index contributed by atoms with van der Waals surface area (Å²) >= 11 is 0. The maximum absolute atomic E-state index is 4.35. The average molecular weight is 653 g/mol. The maximum atomic E-state index is 4.35. The second-order valence-corrected chi connectivity index (χ2v) is 8.14. The van der Waals surface area contributed by atoms with Crippen LogP contribution in [0.1, 0.15) is 0 Å². The molecule has 2 heterocycles. The van der Waals surface area contributed by atoms with E-state index in [1.165, 1.54) is 22.3 Å². The summed E-state index contributed by atoms with van der Waals surface area (Å²) in [5.41, 5.74) is 8.76. The maximum Gasteiger partial charge on any atom is 0.0160 e. The Balaban J connectivity index is 0.000000168. The second kappa shape index (κ2) is 13.2. The molecule has 0 saturated heterocycles. The fourth-order valence-electron chi connectivity index (χ4n) is 3.89. The monoisotopic (exact) mass is 653 g/mol. The summed E-state index contributed by atoms with van der Waals surface area (Å²) in [7, 11) is 0. The van der Waals surface area contributed by atoms with Crippen LogP contribution in [-0.2, 0) is 20.1 Å². The van der Waals surface area contributed by atoms with Crippen LogP contribution >= 0.6 is 0 Å². The van der Waals surface area contributed by atoms with Gasteiger partial charge in [-0.15, -0.1) is 70.8 Å². The van der Waals surface area contributed by atoms with E-state index in [4.69, 9.17) is 0 Å². The van der Waals surface area contributed by atoms with E-state index in [1.807, 2.05) is 84.9 Å². The third-order valence-electron chi connectivity index (χ3n) is 5.70. The minimum atomic E-state index is 0. The molecule has 0 amide bonds. The van der Waals surface area contributed by atoms with Crippen molar-refractivity contribution in [3.8, 4) is 44.8 Å². The minimum absolute atomic E-state index is 0. The quantitative estimate of drug-likeness (QED) is 0.179. The molecule has 0 fully saturated rings. The van der Waals surface area contributed by atoms with E-state index < -0.39 is 0 Å². The predicted octanol–water partition coefficient (Wildman–Crippen LogP) is 8.43. The Morgan fingerprint density at radius 2 is 0.811 bits per heavy atom. The van der Waals surface area contributed by atoms with Gasteiger partial charge in [0.15, 0.2) is 0 Å². The molecule has 0 aliphatic rings. The molecule has 0 N–H and O–H groups in total. The van der Waals surface area contributed by atoms with Gasteiger partial charge in [0, 0.05) is 32.5 Å². The smallest absolute Gasteiger partial charge is 0.0160 e. The number of hydrogen-bond acceptors (Lipinski definition) is 2. The Morgan fingerprint density at radius 1 is 0.405 bits per heavy atom. The van der Waals surface area contributed by atoms with E-state index in [0.29, 0.717) is 0 Å². The first-order valence-corrected chi connectivity index (χ1v) is 11.8. The summed E-state index contributed by atoms with van der Waals surface area (Å²) in [4.78, 5) is 8.71. The van der Waals surface area contributed by atoms with Gasteiger partial charge >= 0.3 is 0 Å². The van der Waals surface area contributed by atoms with Crippen LogP contribution in [0.2, 0.25) is 0 Å². The van der Waals surface area contributed by atoms with Crippen LogP contribution in [0.3, 0.4) is 0 Å². The molecule has 4 aromatic carbocycles. The first kappa shape index (κ1) is 25.9. The van der Waals surface area contributed by atoms with E-state index in [-0.39, 0.29) is 20.1 Å². The van der Waals surface area contributed by atoms with Crippen molar-refractivity contribution in [1.29, 1.82) is 0 Å². The normalized spacial score (nSPS) is 9.95. The molecule has 0 unspecified atom stereocenters. The van der Waals surface area contributed by atoms with Gasteiger partial charge in [-0.25, -0.2) is 0 Å². The molecule has 0 atom stereocenters. The van der Waals surface area contributed by atoms with Crippen LogP contribution in [0.25, 0.3) is 44.8 Å². The summed E-state index contributed by atoms with van der Waals surface area (Å²) in [6.45, 7) is 0. The van der Waals surface area contributed by atoms with Gasteiger partial charge in [-0.3, -0.25) is 0 Å². The van der Waals surface area contributed by atoms with Gasteiger partial charge in [0.25, 0.3) is 0 Å². The fourth-order valence-corrected chi connectivity index (χ4v) is 3.89. The van der Waals surface area contributed by atoms with E-state index in [2.05, 4.69) is 70.6 Å². The Kier molecular flexibility index (Phi) is 9.26. The second-order valence-electron chi connectivity index (χ2n) is 8.14. The predicted molar refractivity (Wildman–Crippen MR) is 148 cm³/mol. The summed E-state index contributed by atoms with van der Waals surface area (Å²) < 4.78 is 0. The minimum Gasteiger partial charge on any atom is -0.305 e. The van der Waals surface area contributed by atoms with Gasteiger partial charge in [0.1, 0.15) is 0 Å². The fraction of sp³-hybridized carbons (Fsp3) is 0. The largest absolute Gasteiger partial charge is 0.305 e. The number of benzene rings is 4. The van der Waals surface area contributed by atoms with Crippen molar-refractivity contribution in [2.45, 2.75) is 0 Å². The van der Waals surface area contributed by atoms with Gasteiger partial charge in [0.05, 0.1) is 0 Å². The Morgan fingerprint density at radius 3 is 1.19 bits per heavy atom. The third kappa shape index (κ3) is 6.95. The zero-order chi connectivity index (χ0) is 24.4. The molecule has 2 aromatic heterocycles. The SMILES string of the molecule is [Ir].[c-]1ccc(-c2ccccc2)cc1-c1ccccn1.[c-]1ccc(-c2ccccc2)cc1-c1ccccn1. The Hall–Kier alpha value is -4.17. The average Bonchev–Trinajstić information content (AvgIpc) is 2.99. The number of aromatic nitrogens is 2. The molecule has 0 bridgehead atoms. The Bertz CT molecular complexity index is 1280. The summed E-state index contributed by atoms with van der Waals surface area (Å²) in [5.74, 6) is 0. The van der Waals surface area contributed by atoms with E-state index in [0.717, 1.165) is 22.5 Å². The van der Waals surface area contributed by atoms with Crippen LogP contribution < -0.4 is 0 Å². The molecule has 37 heavy (non-hydrogen) atoms. The molecule has 1 radical (unpaired) electrons. The van der Waals surface area contributed by atoms with Crippen molar-refractivity contribution in [2.75, 3.05) is 0 Å². The molecule has 181 valence electrons. The zero-order valence-corrected chi connectivity index (χ0v) is 22.5. The van der Waals surface area contributed by atoms with Crippen molar-refractivity contribution in [3.63, 3.8) is 0 Å². The number of rotatable bonds is 4. The van der Waals surface area contributed by atoms with Crippen molar-refractivity contribution in [3.05, 3.63) is 158 Å². The molecule has 0 spiro atoms. The van der Waals surface area contributed by atoms with E-state index >= 15 is 0 Å². The zero-order valence-electron chi connectivity index (χ0n) is 20.1. The van der Waals surface area contributed by atoms with Crippen molar-refractivity contribution < 1.29 is 20.1 Å². The molecule has 6 rings (SSSR count). The van der Waals surface area contributed by atoms with Gasteiger partial charge in [-0.2, -0.15) is 0 Å². The third-order valence-corrected chi connectivity index (χ3v) is 5.70. The molecule has 0 aliphatic carbocycles. The molecule has 3 heteroatoms. The molecule has 0 saturated carbocycles.